The molecule has 0 bridgehead atoms. The van der Waals surface area contributed by atoms with Gasteiger partial charge < -0.3 is 9.80 Å². The minimum atomic E-state index is 0.0915. The lowest BCUT2D eigenvalue weighted by Crippen LogP contribution is -2.48. The van der Waals surface area contributed by atoms with Crippen molar-refractivity contribution in [2.24, 2.45) is 0 Å². The summed E-state index contributed by atoms with van der Waals surface area (Å²) in [6.07, 6.45) is 5.38. The van der Waals surface area contributed by atoms with E-state index in [2.05, 4.69) is 51.0 Å². The maximum Gasteiger partial charge on any atom is 0.253 e. The van der Waals surface area contributed by atoms with Crippen LogP contribution in [0.2, 0.25) is 5.15 Å². The molecule has 1 aliphatic heterocycles. The number of nitrogens with zero attached hydrogens (tertiary/aromatic N) is 5. The van der Waals surface area contributed by atoms with Crippen LogP contribution >= 0.6 is 23.4 Å². The Morgan fingerprint density at radius 2 is 1.84 bits per heavy atom. The first-order chi connectivity index (χ1) is 18.0. The number of thioether (sulfide) groups is 1. The molecule has 0 aliphatic carbocycles. The molecule has 2 heterocycles. The predicted octanol–water partition coefficient (Wildman–Crippen LogP) is 5.74. The molecule has 0 radical (unpaired) electrons. The first-order valence-electron chi connectivity index (χ1n) is 12.7. The number of benzene rings is 2. The largest absolute Gasteiger partial charge is 0.360 e. The van der Waals surface area contributed by atoms with E-state index in [1.54, 1.807) is 6.07 Å². The monoisotopic (exact) mass is 535 g/mol. The van der Waals surface area contributed by atoms with Crippen LogP contribution in [0.4, 0.5) is 5.82 Å². The van der Waals surface area contributed by atoms with E-state index in [-0.39, 0.29) is 5.91 Å². The summed E-state index contributed by atoms with van der Waals surface area (Å²) < 4.78 is 0. The fraction of sp³-hybridized carbons (Fsp3) is 0.345. The summed E-state index contributed by atoms with van der Waals surface area (Å²) in [5.74, 6) is 1.58. The molecule has 0 atom stereocenters. The highest BCUT2D eigenvalue weighted by molar-refractivity contribution is 7.98. The van der Waals surface area contributed by atoms with Gasteiger partial charge in [-0.3, -0.25) is 9.69 Å². The number of amides is 1. The SMILES string of the molecule is CCCN(C)c1cc(Cl)nc(SCc2cccc(C(=O)N3CCN(C/C=C/c4ccccc4)CC3)c2)n1. The van der Waals surface area contributed by atoms with Gasteiger partial charge in [0, 0.05) is 63.7 Å². The second-order valence-electron chi connectivity index (χ2n) is 9.15. The highest BCUT2D eigenvalue weighted by Gasteiger charge is 2.21. The third-order valence-electron chi connectivity index (χ3n) is 6.29. The quantitative estimate of drug-likeness (QED) is 0.187. The summed E-state index contributed by atoms with van der Waals surface area (Å²) >= 11 is 7.77. The molecule has 3 aromatic rings. The third kappa shape index (κ3) is 8.06. The maximum absolute atomic E-state index is 13.2. The number of carbonyl (C=O) groups excluding carboxylic acids is 1. The standard InChI is InChI=1S/C29H34ClN5OS/c1-3-14-33(2)27-21-26(30)31-29(32-27)37-22-24-11-7-13-25(20-24)28(36)35-18-16-34(17-19-35)15-8-12-23-9-5-4-6-10-23/h4-13,20-21H,3,14-19,22H2,1-2H3/b12-8+. The van der Waals surface area contributed by atoms with Crippen molar-refractivity contribution in [1.82, 2.24) is 19.8 Å². The van der Waals surface area contributed by atoms with Crippen LogP contribution in [0.5, 0.6) is 0 Å². The molecule has 6 nitrogen and oxygen atoms in total. The molecule has 1 saturated heterocycles. The number of piperazine rings is 1. The summed E-state index contributed by atoms with van der Waals surface area (Å²) in [6, 6.07) is 20.0. The van der Waals surface area contributed by atoms with Gasteiger partial charge in [-0.25, -0.2) is 9.97 Å². The van der Waals surface area contributed by atoms with Crippen molar-refractivity contribution >= 4 is 41.2 Å². The number of halogens is 1. The van der Waals surface area contributed by atoms with Gasteiger partial charge in [-0.05, 0) is 29.7 Å². The van der Waals surface area contributed by atoms with E-state index in [0.717, 1.165) is 62.6 Å². The van der Waals surface area contributed by atoms with Gasteiger partial charge in [0.1, 0.15) is 11.0 Å². The number of rotatable bonds is 10. The Kier molecular flexibility index (Phi) is 9.99. The maximum atomic E-state index is 13.2. The minimum absolute atomic E-state index is 0.0915. The van der Waals surface area contributed by atoms with E-state index in [1.165, 1.54) is 17.3 Å². The van der Waals surface area contributed by atoms with E-state index < -0.39 is 0 Å². The lowest BCUT2D eigenvalue weighted by atomic mass is 10.1. The minimum Gasteiger partial charge on any atom is -0.360 e. The lowest BCUT2D eigenvalue weighted by Gasteiger charge is -2.34. The Morgan fingerprint density at radius 3 is 2.59 bits per heavy atom. The van der Waals surface area contributed by atoms with Crippen molar-refractivity contribution in [3.05, 3.63) is 88.6 Å². The average Bonchev–Trinajstić information content (AvgIpc) is 2.92. The summed E-state index contributed by atoms with van der Waals surface area (Å²) in [6.45, 7) is 7.16. The van der Waals surface area contributed by atoms with Crippen molar-refractivity contribution in [2.45, 2.75) is 24.3 Å². The van der Waals surface area contributed by atoms with Gasteiger partial charge in [-0.1, -0.05) is 84.9 Å². The van der Waals surface area contributed by atoms with E-state index in [0.29, 0.717) is 16.1 Å². The van der Waals surface area contributed by atoms with Gasteiger partial charge in [-0.2, -0.15) is 0 Å². The summed E-state index contributed by atoms with van der Waals surface area (Å²) in [4.78, 5) is 28.6. The van der Waals surface area contributed by atoms with Crippen LogP contribution in [0, 0.1) is 0 Å². The molecule has 0 N–H and O–H groups in total. The highest BCUT2D eigenvalue weighted by Crippen LogP contribution is 2.25. The molecule has 194 valence electrons. The van der Waals surface area contributed by atoms with E-state index in [1.807, 2.05) is 54.4 Å². The molecule has 2 aromatic carbocycles. The number of hydrogen-bond donors (Lipinski definition) is 0. The van der Waals surface area contributed by atoms with E-state index in [9.17, 15) is 4.79 Å². The Bertz CT molecular complexity index is 1200. The van der Waals surface area contributed by atoms with Crippen LogP contribution in [0.3, 0.4) is 0 Å². The topological polar surface area (TPSA) is 52.6 Å². The molecule has 1 amide bonds. The van der Waals surface area contributed by atoms with Gasteiger partial charge in [-0.15, -0.1) is 0 Å². The molecule has 0 saturated carbocycles. The van der Waals surface area contributed by atoms with Crippen molar-refractivity contribution in [1.29, 1.82) is 0 Å². The average molecular weight is 536 g/mol. The van der Waals surface area contributed by atoms with Crippen LogP contribution < -0.4 is 4.90 Å². The second-order valence-corrected chi connectivity index (χ2v) is 10.5. The van der Waals surface area contributed by atoms with Crippen LogP contribution in [0.1, 0.15) is 34.8 Å². The smallest absolute Gasteiger partial charge is 0.253 e. The van der Waals surface area contributed by atoms with Gasteiger partial charge in [0.2, 0.25) is 0 Å². The number of hydrogen-bond acceptors (Lipinski definition) is 6. The Balaban J connectivity index is 1.29. The van der Waals surface area contributed by atoms with Crippen molar-refractivity contribution in [3.8, 4) is 0 Å². The van der Waals surface area contributed by atoms with Crippen LogP contribution in [-0.2, 0) is 5.75 Å². The van der Waals surface area contributed by atoms with Crippen LogP contribution in [-0.4, -0.2) is 72.0 Å². The van der Waals surface area contributed by atoms with E-state index in [4.69, 9.17) is 11.6 Å². The van der Waals surface area contributed by atoms with Crippen LogP contribution in [0.25, 0.3) is 6.08 Å². The zero-order valence-electron chi connectivity index (χ0n) is 21.5. The van der Waals surface area contributed by atoms with Gasteiger partial charge in [0.15, 0.2) is 5.16 Å². The number of aromatic nitrogens is 2. The molecule has 0 unspecified atom stereocenters. The molecular formula is C29H34ClN5OS. The van der Waals surface area contributed by atoms with Crippen LogP contribution in [0.15, 0.2) is 71.9 Å². The Hall–Kier alpha value is -2.87. The fourth-order valence-corrected chi connectivity index (χ4v) is 5.28. The molecule has 37 heavy (non-hydrogen) atoms. The molecule has 1 aliphatic rings. The molecule has 0 spiro atoms. The lowest BCUT2D eigenvalue weighted by molar-refractivity contribution is 0.0650. The number of carbonyl (C=O) groups is 1. The molecular weight excluding hydrogens is 502 g/mol. The molecule has 4 rings (SSSR count). The number of anilines is 1. The van der Waals surface area contributed by atoms with Crippen molar-refractivity contribution < 1.29 is 4.79 Å². The Labute approximate surface area is 229 Å². The van der Waals surface area contributed by atoms with Crippen molar-refractivity contribution in [3.63, 3.8) is 0 Å². The molecule has 1 aromatic heterocycles. The zero-order valence-corrected chi connectivity index (χ0v) is 23.1. The highest BCUT2D eigenvalue weighted by atomic mass is 35.5. The zero-order chi connectivity index (χ0) is 26.0. The second kappa shape index (κ2) is 13.6. The van der Waals surface area contributed by atoms with Gasteiger partial charge in [0.25, 0.3) is 5.91 Å². The molecule has 8 heteroatoms. The van der Waals surface area contributed by atoms with Gasteiger partial charge >= 0.3 is 0 Å². The third-order valence-corrected chi connectivity index (χ3v) is 7.40. The van der Waals surface area contributed by atoms with Gasteiger partial charge in [0.05, 0.1) is 0 Å². The van der Waals surface area contributed by atoms with Crippen molar-refractivity contribution in [2.75, 3.05) is 51.2 Å². The summed E-state index contributed by atoms with van der Waals surface area (Å²) in [5.41, 5.74) is 3.00. The first-order valence-corrected chi connectivity index (χ1v) is 14.1. The normalized spacial score (nSPS) is 14.3. The molecule has 1 fully saturated rings. The summed E-state index contributed by atoms with van der Waals surface area (Å²) in [7, 11) is 2.01. The van der Waals surface area contributed by atoms with E-state index >= 15 is 0 Å². The summed E-state index contributed by atoms with van der Waals surface area (Å²) in [5, 5.41) is 1.08. The Morgan fingerprint density at radius 1 is 1.05 bits per heavy atom. The predicted molar refractivity (Wildman–Crippen MR) is 154 cm³/mol. The first kappa shape index (κ1) is 27.2. The fourth-order valence-electron chi connectivity index (χ4n) is 4.26.